The van der Waals surface area contributed by atoms with E-state index in [1.54, 1.807) is 0 Å². The van der Waals surface area contributed by atoms with E-state index in [0.29, 0.717) is 13.0 Å². The van der Waals surface area contributed by atoms with Crippen molar-refractivity contribution in [1.82, 2.24) is 4.90 Å². The van der Waals surface area contributed by atoms with Gasteiger partial charge in [-0.2, -0.15) is 0 Å². The lowest BCUT2D eigenvalue weighted by molar-refractivity contribution is -0.156. The number of rotatable bonds is 4. The molecule has 0 spiro atoms. The van der Waals surface area contributed by atoms with Crippen molar-refractivity contribution in [2.75, 3.05) is 20.2 Å². The van der Waals surface area contributed by atoms with Crippen LogP contribution in [-0.2, 0) is 19.1 Å². The highest BCUT2D eigenvalue weighted by Crippen LogP contribution is 2.19. The number of carbonyl (C=O) groups is 2. The smallest absolute Gasteiger partial charge is 0.323 e. The zero-order valence-electron chi connectivity index (χ0n) is 11.7. The van der Waals surface area contributed by atoms with Crippen molar-refractivity contribution in [2.24, 2.45) is 0 Å². The number of likely N-dealkylation sites (tertiary alicyclic amines) is 1. The van der Waals surface area contributed by atoms with Gasteiger partial charge in [0.2, 0.25) is 0 Å². The molecule has 5 nitrogen and oxygen atoms in total. The van der Waals surface area contributed by atoms with Crippen molar-refractivity contribution in [1.29, 1.82) is 0 Å². The van der Waals surface area contributed by atoms with Crippen LogP contribution in [0.15, 0.2) is 0 Å². The van der Waals surface area contributed by atoms with Crippen LogP contribution in [0.1, 0.15) is 40.0 Å². The Hall–Kier alpha value is -1.10. The van der Waals surface area contributed by atoms with Gasteiger partial charge in [-0.25, -0.2) is 0 Å². The molecule has 0 aromatic rings. The normalized spacial score (nSPS) is 20.8. The third-order valence-electron chi connectivity index (χ3n) is 2.86. The first-order chi connectivity index (χ1) is 8.33. The third-order valence-corrected chi connectivity index (χ3v) is 2.86. The Morgan fingerprint density at radius 1 is 1.33 bits per heavy atom. The number of esters is 2. The Bertz CT molecular complexity index is 309. The van der Waals surface area contributed by atoms with E-state index in [0.717, 1.165) is 19.4 Å². The van der Waals surface area contributed by atoms with Crippen LogP contribution in [0.3, 0.4) is 0 Å². The van der Waals surface area contributed by atoms with E-state index in [-0.39, 0.29) is 18.0 Å². The van der Waals surface area contributed by atoms with Gasteiger partial charge in [-0.3, -0.25) is 14.5 Å². The average Bonchev–Trinajstić information content (AvgIpc) is 2.71. The van der Waals surface area contributed by atoms with Crippen LogP contribution < -0.4 is 0 Å². The number of hydrogen-bond acceptors (Lipinski definition) is 5. The molecule has 0 aromatic heterocycles. The molecule has 1 aliphatic heterocycles. The summed E-state index contributed by atoms with van der Waals surface area (Å²) in [7, 11) is 1.40. The molecule has 0 bridgehead atoms. The lowest BCUT2D eigenvalue weighted by atomic mass is 10.2. The van der Waals surface area contributed by atoms with Crippen LogP contribution in [0.4, 0.5) is 0 Å². The molecule has 0 saturated carbocycles. The van der Waals surface area contributed by atoms with E-state index >= 15 is 0 Å². The zero-order chi connectivity index (χ0) is 13.8. The number of hydrogen-bond donors (Lipinski definition) is 0. The Morgan fingerprint density at radius 3 is 2.56 bits per heavy atom. The maximum Gasteiger partial charge on any atom is 0.323 e. The predicted octanol–water partition coefficient (Wildman–Crippen LogP) is 1.36. The van der Waals surface area contributed by atoms with E-state index in [2.05, 4.69) is 0 Å². The lowest BCUT2D eigenvalue weighted by Crippen LogP contribution is -2.38. The van der Waals surface area contributed by atoms with E-state index in [1.165, 1.54) is 7.11 Å². The second-order valence-electron chi connectivity index (χ2n) is 5.55. The van der Waals surface area contributed by atoms with Gasteiger partial charge in [0.15, 0.2) is 0 Å². The molecule has 0 aromatic carbocycles. The topological polar surface area (TPSA) is 55.8 Å². The largest absolute Gasteiger partial charge is 0.468 e. The van der Waals surface area contributed by atoms with Gasteiger partial charge in [-0.05, 0) is 40.2 Å². The van der Waals surface area contributed by atoms with Crippen LogP contribution in [-0.4, -0.2) is 48.7 Å². The summed E-state index contributed by atoms with van der Waals surface area (Å²) < 4.78 is 9.99. The highest BCUT2D eigenvalue weighted by Gasteiger charge is 2.31. The van der Waals surface area contributed by atoms with Gasteiger partial charge in [-0.15, -0.1) is 0 Å². The van der Waals surface area contributed by atoms with Crippen LogP contribution in [0.25, 0.3) is 0 Å². The van der Waals surface area contributed by atoms with Gasteiger partial charge < -0.3 is 9.47 Å². The molecule has 0 N–H and O–H groups in total. The average molecular weight is 257 g/mol. The highest BCUT2D eigenvalue weighted by molar-refractivity contribution is 5.76. The van der Waals surface area contributed by atoms with E-state index in [9.17, 15) is 9.59 Å². The summed E-state index contributed by atoms with van der Waals surface area (Å²) in [5, 5.41) is 0. The first-order valence-corrected chi connectivity index (χ1v) is 6.37. The molecule has 1 rings (SSSR count). The minimum atomic E-state index is -0.455. The number of ether oxygens (including phenoxy) is 2. The Balaban J connectivity index is 2.38. The molecular weight excluding hydrogens is 234 g/mol. The summed E-state index contributed by atoms with van der Waals surface area (Å²) in [5.41, 5.74) is -0.455. The fourth-order valence-corrected chi connectivity index (χ4v) is 2.12. The van der Waals surface area contributed by atoms with Crippen LogP contribution in [0.5, 0.6) is 0 Å². The second kappa shape index (κ2) is 6.18. The van der Waals surface area contributed by atoms with E-state index in [4.69, 9.17) is 9.47 Å². The third kappa shape index (κ3) is 4.64. The number of nitrogens with zero attached hydrogens (tertiary/aromatic N) is 1. The minimum Gasteiger partial charge on any atom is -0.468 e. The monoisotopic (exact) mass is 257 g/mol. The molecule has 0 amide bonds. The zero-order valence-corrected chi connectivity index (χ0v) is 11.7. The summed E-state index contributed by atoms with van der Waals surface area (Å²) >= 11 is 0. The summed E-state index contributed by atoms with van der Waals surface area (Å²) in [5.74, 6) is -0.435. The molecule has 104 valence electrons. The van der Waals surface area contributed by atoms with Crippen molar-refractivity contribution in [2.45, 2.75) is 51.7 Å². The number of methoxy groups -OCH3 is 1. The van der Waals surface area contributed by atoms with Crippen molar-refractivity contribution < 1.29 is 19.1 Å². The predicted molar refractivity (Wildman–Crippen MR) is 67.1 cm³/mol. The molecule has 0 aliphatic carbocycles. The molecule has 0 unspecified atom stereocenters. The highest BCUT2D eigenvalue weighted by atomic mass is 16.6. The Kier molecular flexibility index (Phi) is 5.14. The summed E-state index contributed by atoms with van der Waals surface area (Å²) in [6, 6.07) is -0.197. The lowest BCUT2D eigenvalue weighted by Gasteiger charge is -2.23. The molecule has 0 radical (unpaired) electrons. The Morgan fingerprint density at radius 2 is 2.00 bits per heavy atom. The van der Waals surface area contributed by atoms with Crippen molar-refractivity contribution in [3.05, 3.63) is 0 Å². The van der Waals surface area contributed by atoms with Gasteiger partial charge in [0.25, 0.3) is 0 Å². The van der Waals surface area contributed by atoms with Crippen LogP contribution >= 0.6 is 0 Å². The molecule has 1 atom stereocenters. The summed E-state index contributed by atoms with van der Waals surface area (Å²) in [6.07, 6.45) is 2.08. The summed E-state index contributed by atoms with van der Waals surface area (Å²) in [4.78, 5) is 25.1. The van der Waals surface area contributed by atoms with E-state index in [1.807, 2.05) is 25.7 Å². The molecule has 1 aliphatic rings. The first kappa shape index (κ1) is 15.0. The van der Waals surface area contributed by atoms with Crippen molar-refractivity contribution in [3.63, 3.8) is 0 Å². The maximum absolute atomic E-state index is 11.6. The SMILES string of the molecule is COC(=O)[C@@H]1CCCN1CCC(=O)OC(C)(C)C. The Labute approximate surface area is 108 Å². The fraction of sp³-hybridized carbons (Fsp3) is 0.846. The molecule has 18 heavy (non-hydrogen) atoms. The van der Waals surface area contributed by atoms with Crippen LogP contribution in [0, 0.1) is 0 Å². The molecular formula is C13H23NO4. The maximum atomic E-state index is 11.6. The molecule has 1 fully saturated rings. The fourth-order valence-electron chi connectivity index (χ4n) is 2.12. The standard InChI is InChI=1S/C13H23NO4/c1-13(2,3)18-11(15)7-9-14-8-5-6-10(14)12(16)17-4/h10H,5-9H2,1-4H3/t10-/m0/s1. The molecule has 1 saturated heterocycles. The van der Waals surface area contributed by atoms with Crippen LogP contribution in [0.2, 0.25) is 0 Å². The van der Waals surface area contributed by atoms with Gasteiger partial charge in [-0.1, -0.05) is 0 Å². The van der Waals surface area contributed by atoms with Gasteiger partial charge in [0.1, 0.15) is 11.6 Å². The van der Waals surface area contributed by atoms with Crippen molar-refractivity contribution in [3.8, 4) is 0 Å². The molecule has 5 heteroatoms. The van der Waals surface area contributed by atoms with E-state index < -0.39 is 5.60 Å². The summed E-state index contributed by atoms with van der Waals surface area (Å²) in [6.45, 7) is 6.92. The van der Waals surface area contributed by atoms with Gasteiger partial charge >= 0.3 is 11.9 Å². The van der Waals surface area contributed by atoms with Gasteiger partial charge in [0, 0.05) is 6.54 Å². The quantitative estimate of drug-likeness (QED) is 0.712. The first-order valence-electron chi connectivity index (χ1n) is 6.37. The minimum absolute atomic E-state index is 0.197. The second-order valence-corrected chi connectivity index (χ2v) is 5.55. The van der Waals surface area contributed by atoms with Gasteiger partial charge in [0.05, 0.1) is 13.5 Å². The van der Waals surface area contributed by atoms with Crippen molar-refractivity contribution >= 4 is 11.9 Å². The number of carbonyl (C=O) groups excluding carboxylic acids is 2. The molecule has 1 heterocycles.